The van der Waals surface area contributed by atoms with E-state index < -0.39 is 0 Å². The Kier molecular flexibility index (Phi) is 3.89. The van der Waals surface area contributed by atoms with Gasteiger partial charge in [-0.15, -0.1) is 0 Å². The number of hydrogen-bond donors (Lipinski definition) is 2. The molecule has 3 N–H and O–H groups in total. The van der Waals surface area contributed by atoms with E-state index in [1.54, 1.807) is 25.3 Å². The Labute approximate surface area is 117 Å². The van der Waals surface area contributed by atoms with Crippen LogP contribution >= 0.6 is 0 Å². The number of ether oxygens (including phenoxy) is 1. The standard InChI is InChI=1S/C15H17N3O2/c1-9-4-5-11(7-13(9)20-3)15(19)18-14-6-10(2)12(16)8-17-14/h4-8H,16H2,1-3H3,(H,17,18,19). The molecule has 1 amide bonds. The van der Waals surface area contributed by atoms with E-state index in [-0.39, 0.29) is 5.91 Å². The normalized spacial score (nSPS) is 10.2. The number of rotatable bonds is 3. The molecule has 0 fully saturated rings. The molecule has 0 atom stereocenters. The summed E-state index contributed by atoms with van der Waals surface area (Å²) in [5.41, 5.74) is 8.66. The first-order chi connectivity index (χ1) is 9.51. The number of pyridine rings is 1. The number of amides is 1. The van der Waals surface area contributed by atoms with E-state index >= 15 is 0 Å². The van der Waals surface area contributed by atoms with E-state index in [1.807, 2.05) is 19.9 Å². The molecule has 0 bridgehead atoms. The summed E-state index contributed by atoms with van der Waals surface area (Å²) in [5, 5.41) is 2.74. The van der Waals surface area contributed by atoms with Crippen LogP contribution in [0.4, 0.5) is 11.5 Å². The topological polar surface area (TPSA) is 77.2 Å². The largest absolute Gasteiger partial charge is 0.496 e. The van der Waals surface area contributed by atoms with E-state index in [0.717, 1.165) is 11.1 Å². The lowest BCUT2D eigenvalue weighted by Crippen LogP contribution is -2.13. The SMILES string of the molecule is COc1cc(C(=O)Nc2cc(C)c(N)cn2)ccc1C. The molecule has 5 nitrogen and oxygen atoms in total. The zero-order valence-electron chi connectivity index (χ0n) is 11.7. The van der Waals surface area contributed by atoms with Crippen molar-refractivity contribution in [3.8, 4) is 5.75 Å². The second kappa shape index (κ2) is 5.61. The van der Waals surface area contributed by atoms with Gasteiger partial charge in [-0.2, -0.15) is 0 Å². The highest BCUT2D eigenvalue weighted by molar-refractivity contribution is 6.04. The average Bonchev–Trinajstić information content (AvgIpc) is 2.43. The lowest BCUT2D eigenvalue weighted by molar-refractivity contribution is 0.102. The van der Waals surface area contributed by atoms with Crippen molar-refractivity contribution in [3.63, 3.8) is 0 Å². The molecular weight excluding hydrogens is 254 g/mol. The molecule has 0 spiro atoms. The van der Waals surface area contributed by atoms with Gasteiger partial charge in [0.05, 0.1) is 19.0 Å². The highest BCUT2D eigenvalue weighted by Crippen LogP contribution is 2.20. The summed E-state index contributed by atoms with van der Waals surface area (Å²) in [4.78, 5) is 16.2. The molecule has 5 heteroatoms. The minimum Gasteiger partial charge on any atom is -0.496 e. The second-order valence-corrected chi connectivity index (χ2v) is 4.56. The van der Waals surface area contributed by atoms with Crippen LogP contribution in [0.1, 0.15) is 21.5 Å². The van der Waals surface area contributed by atoms with Crippen molar-refractivity contribution in [1.29, 1.82) is 0 Å². The summed E-state index contributed by atoms with van der Waals surface area (Å²) in [6.45, 7) is 3.78. The van der Waals surface area contributed by atoms with Gasteiger partial charge < -0.3 is 15.8 Å². The lowest BCUT2D eigenvalue weighted by atomic mass is 10.1. The Morgan fingerprint density at radius 3 is 2.65 bits per heavy atom. The Bertz CT molecular complexity index is 654. The molecule has 0 saturated heterocycles. The second-order valence-electron chi connectivity index (χ2n) is 4.56. The van der Waals surface area contributed by atoms with Crippen molar-refractivity contribution >= 4 is 17.4 Å². The number of aromatic nitrogens is 1. The Morgan fingerprint density at radius 1 is 1.25 bits per heavy atom. The molecule has 104 valence electrons. The van der Waals surface area contributed by atoms with E-state index in [1.165, 1.54) is 6.20 Å². The molecule has 0 aliphatic heterocycles. The van der Waals surface area contributed by atoms with Gasteiger partial charge in [-0.05, 0) is 43.2 Å². The van der Waals surface area contributed by atoms with Gasteiger partial charge in [-0.3, -0.25) is 4.79 Å². The number of methoxy groups -OCH3 is 1. The van der Waals surface area contributed by atoms with Gasteiger partial charge in [-0.25, -0.2) is 4.98 Å². The van der Waals surface area contributed by atoms with Gasteiger partial charge in [0.1, 0.15) is 11.6 Å². The first-order valence-electron chi connectivity index (χ1n) is 6.19. The predicted molar refractivity (Wildman–Crippen MR) is 79.1 cm³/mol. The van der Waals surface area contributed by atoms with Crippen molar-refractivity contribution in [3.05, 3.63) is 47.2 Å². The molecule has 0 radical (unpaired) electrons. The summed E-state index contributed by atoms with van der Waals surface area (Å²) in [7, 11) is 1.58. The first-order valence-corrected chi connectivity index (χ1v) is 6.19. The maximum Gasteiger partial charge on any atom is 0.256 e. The summed E-state index contributed by atoms with van der Waals surface area (Å²) in [6.07, 6.45) is 1.53. The molecule has 1 aromatic heterocycles. The zero-order valence-corrected chi connectivity index (χ0v) is 11.7. The van der Waals surface area contributed by atoms with Crippen molar-refractivity contribution in [2.75, 3.05) is 18.2 Å². The number of nitrogens with one attached hydrogen (secondary N) is 1. The first kappa shape index (κ1) is 13.9. The maximum atomic E-state index is 12.2. The quantitative estimate of drug-likeness (QED) is 0.899. The summed E-state index contributed by atoms with van der Waals surface area (Å²) in [6, 6.07) is 7.03. The number of nitrogen functional groups attached to an aromatic ring is 1. The summed E-state index contributed by atoms with van der Waals surface area (Å²) < 4.78 is 5.21. The van der Waals surface area contributed by atoms with E-state index in [2.05, 4.69) is 10.3 Å². The summed E-state index contributed by atoms with van der Waals surface area (Å²) >= 11 is 0. The fourth-order valence-electron chi connectivity index (χ4n) is 1.78. The average molecular weight is 271 g/mol. The van der Waals surface area contributed by atoms with E-state index in [4.69, 9.17) is 10.5 Å². The van der Waals surface area contributed by atoms with Gasteiger partial charge in [-0.1, -0.05) is 6.07 Å². The molecule has 0 unspecified atom stereocenters. The highest BCUT2D eigenvalue weighted by Gasteiger charge is 2.10. The van der Waals surface area contributed by atoms with E-state index in [9.17, 15) is 4.79 Å². The molecule has 0 aliphatic carbocycles. The third-order valence-electron chi connectivity index (χ3n) is 3.06. The van der Waals surface area contributed by atoms with Crippen LogP contribution in [0.3, 0.4) is 0 Å². The van der Waals surface area contributed by atoms with Crippen LogP contribution in [-0.2, 0) is 0 Å². The van der Waals surface area contributed by atoms with Crippen LogP contribution in [0.25, 0.3) is 0 Å². The molecule has 0 aliphatic rings. The molecule has 0 saturated carbocycles. The van der Waals surface area contributed by atoms with Crippen LogP contribution in [-0.4, -0.2) is 18.0 Å². The minimum atomic E-state index is -0.236. The molecule has 1 aromatic carbocycles. The van der Waals surface area contributed by atoms with Crippen molar-refractivity contribution in [2.45, 2.75) is 13.8 Å². The van der Waals surface area contributed by atoms with Crippen molar-refractivity contribution in [1.82, 2.24) is 4.98 Å². The van der Waals surface area contributed by atoms with Crippen LogP contribution in [0.2, 0.25) is 0 Å². The predicted octanol–water partition coefficient (Wildman–Crippen LogP) is 2.54. The van der Waals surface area contributed by atoms with Gasteiger partial charge in [0.15, 0.2) is 0 Å². The molecule has 2 rings (SSSR count). The van der Waals surface area contributed by atoms with E-state index in [0.29, 0.717) is 22.8 Å². The number of nitrogens with zero attached hydrogens (tertiary/aromatic N) is 1. The Hall–Kier alpha value is -2.56. The number of hydrogen-bond acceptors (Lipinski definition) is 4. The van der Waals surface area contributed by atoms with Crippen LogP contribution in [0.15, 0.2) is 30.5 Å². The molecular formula is C15H17N3O2. The molecule has 2 aromatic rings. The number of benzene rings is 1. The molecule has 20 heavy (non-hydrogen) atoms. The van der Waals surface area contributed by atoms with Gasteiger partial charge in [0, 0.05) is 5.56 Å². The molecule has 1 heterocycles. The monoisotopic (exact) mass is 271 g/mol. The maximum absolute atomic E-state index is 12.2. The number of anilines is 2. The van der Waals surface area contributed by atoms with Crippen LogP contribution in [0.5, 0.6) is 5.75 Å². The van der Waals surface area contributed by atoms with Crippen LogP contribution < -0.4 is 15.8 Å². The number of nitrogens with two attached hydrogens (primary N) is 1. The van der Waals surface area contributed by atoms with Crippen LogP contribution in [0, 0.1) is 13.8 Å². The highest BCUT2D eigenvalue weighted by atomic mass is 16.5. The van der Waals surface area contributed by atoms with Crippen molar-refractivity contribution < 1.29 is 9.53 Å². The fraction of sp³-hybridized carbons (Fsp3) is 0.200. The lowest BCUT2D eigenvalue weighted by Gasteiger charge is -2.09. The minimum absolute atomic E-state index is 0.236. The number of carbonyl (C=O) groups is 1. The number of carbonyl (C=O) groups excluding carboxylic acids is 1. The number of aryl methyl sites for hydroxylation is 2. The van der Waals surface area contributed by atoms with Crippen molar-refractivity contribution in [2.24, 2.45) is 0 Å². The Morgan fingerprint density at radius 2 is 2.00 bits per heavy atom. The van der Waals surface area contributed by atoms with Gasteiger partial charge in [0.25, 0.3) is 5.91 Å². The Balaban J connectivity index is 2.21. The zero-order chi connectivity index (χ0) is 14.7. The summed E-state index contributed by atoms with van der Waals surface area (Å²) in [5.74, 6) is 0.917. The third-order valence-corrected chi connectivity index (χ3v) is 3.06. The van der Waals surface area contributed by atoms with Gasteiger partial charge in [0.2, 0.25) is 0 Å². The smallest absolute Gasteiger partial charge is 0.256 e. The van der Waals surface area contributed by atoms with Gasteiger partial charge >= 0.3 is 0 Å². The third kappa shape index (κ3) is 2.88. The fourth-order valence-corrected chi connectivity index (χ4v) is 1.78.